The molecule has 0 saturated heterocycles. The monoisotopic (exact) mass is 331 g/mol. The molecule has 4 rings (SSSR count). The minimum absolute atomic E-state index is 0.140. The number of carboxylic acid groups (broad SMARTS) is 1. The van der Waals surface area contributed by atoms with Gasteiger partial charge in [0.2, 0.25) is 0 Å². The molecule has 8 heteroatoms. The zero-order valence-corrected chi connectivity index (χ0v) is 13.0. The molecule has 0 bridgehead atoms. The first kappa shape index (κ1) is 15.0. The van der Waals surface area contributed by atoms with E-state index in [-0.39, 0.29) is 17.9 Å². The fourth-order valence-electron chi connectivity index (χ4n) is 3.35. The van der Waals surface area contributed by atoms with Gasteiger partial charge in [0.25, 0.3) is 0 Å². The van der Waals surface area contributed by atoms with Crippen molar-refractivity contribution >= 4 is 11.8 Å². The molecule has 2 aromatic heterocycles. The Morgan fingerprint density at radius 1 is 1.38 bits per heavy atom. The van der Waals surface area contributed by atoms with E-state index >= 15 is 0 Å². The van der Waals surface area contributed by atoms with Crippen LogP contribution in [0.2, 0.25) is 0 Å². The van der Waals surface area contributed by atoms with Crippen LogP contribution >= 0.6 is 0 Å². The highest BCUT2D eigenvalue weighted by molar-refractivity contribution is 5.70. The Morgan fingerprint density at radius 2 is 2.21 bits per heavy atom. The number of nitrogens with one attached hydrogen (secondary N) is 1. The quantitative estimate of drug-likeness (QED) is 0.872. The normalized spacial score (nSPS) is 26.5. The summed E-state index contributed by atoms with van der Waals surface area (Å²) in [6.45, 7) is 0. The number of carbonyl (C=O) groups is 1. The van der Waals surface area contributed by atoms with E-state index in [0.29, 0.717) is 18.8 Å². The van der Waals surface area contributed by atoms with E-state index in [9.17, 15) is 14.3 Å². The Labute approximate surface area is 137 Å². The van der Waals surface area contributed by atoms with Gasteiger partial charge in [-0.25, -0.2) is 14.1 Å². The molecule has 3 atom stereocenters. The smallest absolute Gasteiger partial charge is 0.306 e. The van der Waals surface area contributed by atoms with Gasteiger partial charge in [-0.15, -0.1) is 5.10 Å². The van der Waals surface area contributed by atoms with Gasteiger partial charge < -0.3 is 10.4 Å². The van der Waals surface area contributed by atoms with Gasteiger partial charge in [-0.2, -0.15) is 0 Å². The van der Waals surface area contributed by atoms with Crippen molar-refractivity contribution in [1.82, 2.24) is 20.0 Å². The third-order valence-corrected chi connectivity index (χ3v) is 4.82. The standard InChI is InChI=1S/C16H18FN5O2/c17-11-2-1-5-18-15(11)19-12-6-10(16(23)24)7-14(12)22-8-13(20-21-22)9-3-4-9/h1-2,5,8-10,12,14H,3-4,6-7H2,(H,18,19)(H,23,24)/t10?,12-,14+/m1/s1. The topological polar surface area (TPSA) is 92.9 Å². The number of anilines is 1. The van der Waals surface area contributed by atoms with Crippen LogP contribution in [-0.4, -0.2) is 37.1 Å². The Morgan fingerprint density at radius 3 is 2.92 bits per heavy atom. The molecule has 2 fully saturated rings. The number of pyridine rings is 1. The second-order valence-electron chi connectivity index (χ2n) is 6.56. The van der Waals surface area contributed by atoms with Gasteiger partial charge in [0.15, 0.2) is 11.6 Å². The average molecular weight is 331 g/mol. The van der Waals surface area contributed by atoms with E-state index in [4.69, 9.17) is 0 Å². The van der Waals surface area contributed by atoms with Crippen molar-refractivity contribution < 1.29 is 14.3 Å². The first-order chi connectivity index (χ1) is 11.6. The number of hydrogen-bond acceptors (Lipinski definition) is 5. The van der Waals surface area contributed by atoms with Gasteiger partial charge in [0.1, 0.15) is 0 Å². The lowest BCUT2D eigenvalue weighted by Gasteiger charge is -2.21. The van der Waals surface area contributed by atoms with Crippen LogP contribution in [0.5, 0.6) is 0 Å². The van der Waals surface area contributed by atoms with Crippen LogP contribution in [0, 0.1) is 11.7 Å². The molecule has 0 amide bonds. The molecular formula is C16H18FN5O2. The molecule has 2 aromatic rings. The molecule has 24 heavy (non-hydrogen) atoms. The van der Waals surface area contributed by atoms with Gasteiger partial charge in [-0.3, -0.25) is 4.79 Å². The Kier molecular flexibility index (Phi) is 3.66. The van der Waals surface area contributed by atoms with Crippen LogP contribution in [0.15, 0.2) is 24.5 Å². The molecule has 2 heterocycles. The molecule has 126 valence electrons. The molecule has 2 aliphatic rings. The van der Waals surface area contributed by atoms with Crippen molar-refractivity contribution in [3.8, 4) is 0 Å². The number of carboxylic acids is 1. The summed E-state index contributed by atoms with van der Waals surface area (Å²) < 4.78 is 15.6. The summed E-state index contributed by atoms with van der Waals surface area (Å²) in [6.07, 6.45) is 6.49. The Bertz CT molecular complexity index is 760. The van der Waals surface area contributed by atoms with Crippen LogP contribution in [0.3, 0.4) is 0 Å². The number of nitrogens with zero attached hydrogens (tertiary/aromatic N) is 4. The maximum Gasteiger partial charge on any atom is 0.306 e. The summed E-state index contributed by atoms with van der Waals surface area (Å²) in [6, 6.07) is 2.40. The molecular weight excluding hydrogens is 313 g/mol. The number of aromatic nitrogens is 4. The molecule has 0 aromatic carbocycles. The van der Waals surface area contributed by atoms with Crippen molar-refractivity contribution in [3.05, 3.63) is 36.0 Å². The van der Waals surface area contributed by atoms with Crippen LogP contribution in [0.25, 0.3) is 0 Å². The maximum absolute atomic E-state index is 13.9. The number of hydrogen-bond donors (Lipinski definition) is 2. The minimum Gasteiger partial charge on any atom is -0.481 e. The first-order valence-corrected chi connectivity index (χ1v) is 8.13. The Balaban J connectivity index is 1.58. The lowest BCUT2D eigenvalue weighted by molar-refractivity contribution is -0.141. The van der Waals surface area contributed by atoms with Crippen LogP contribution in [0.1, 0.15) is 43.3 Å². The summed E-state index contributed by atoms with van der Waals surface area (Å²) >= 11 is 0. The van der Waals surface area contributed by atoms with Gasteiger partial charge >= 0.3 is 5.97 Å². The van der Waals surface area contributed by atoms with Crippen LogP contribution in [-0.2, 0) is 4.79 Å². The van der Waals surface area contributed by atoms with E-state index in [1.807, 2.05) is 6.20 Å². The predicted octanol–water partition coefficient (Wildman–Crippen LogP) is 2.21. The zero-order valence-electron chi connectivity index (χ0n) is 13.0. The largest absolute Gasteiger partial charge is 0.481 e. The molecule has 7 nitrogen and oxygen atoms in total. The van der Waals surface area contributed by atoms with Crippen LogP contribution in [0.4, 0.5) is 10.2 Å². The maximum atomic E-state index is 13.9. The summed E-state index contributed by atoms with van der Waals surface area (Å²) in [5.74, 6) is -1.16. The fraction of sp³-hybridized carbons (Fsp3) is 0.500. The molecule has 0 radical (unpaired) electrons. The SMILES string of the molecule is O=C(O)C1C[C@@H](Nc2ncccc2F)[C@@H](n2cc(C3CC3)nn2)C1. The van der Waals surface area contributed by atoms with Gasteiger partial charge in [-0.1, -0.05) is 5.21 Å². The van der Waals surface area contributed by atoms with E-state index in [0.717, 1.165) is 18.5 Å². The zero-order chi connectivity index (χ0) is 16.7. The lowest BCUT2D eigenvalue weighted by atomic mass is 10.1. The summed E-state index contributed by atoms with van der Waals surface area (Å²) in [4.78, 5) is 15.4. The summed E-state index contributed by atoms with van der Waals surface area (Å²) in [7, 11) is 0. The van der Waals surface area contributed by atoms with E-state index in [1.54, 1.807) is 4.68 Å². The van der Waals surface area contributed by atoms with Gasteiger partial charge in [-0.05, 0) is 37.8 Å². The third-order valence-electron chi connectivity index (χ3n) is 4.82. The third kappa shape index (κ3) is 2.83. The predicted molar refractivity (Wildman–Crippen MR) is 83.0 cm³/mol. The lowest BCUT2D eigenvalue weighted by Crippen LogP contribution is -2.28. The molecule has 0 spiro atoms. The fourth-order valence-corrected chi connectivity index (χ4v) is 3.35. The van der Waals surface area contributed by atoms with Crippen molar-refractivity contribution in [2.24, 2.45) is 5.92 Å². The molecule has 2 N–H and O–H groups in total. The van der Waals surface area contributed by atoms with Crippen molar-refractivity contribution in [2.75, 3.05) is 5.32 Å². The second kappa shape index (κ2) is 5.85. The number of halogens is 1. The highest BCUT2D eigenvalue weighted by Crippen LogP contribution is 2.41. The molecule has 2 aliphatic carbocycles. The average Bonchev–Trinajstić information content (AvgIpc) is 3.14. The number of rotatable bonds is 5. The van der Waals surface area contributed by atoms with E-state index in [1.165, 1.54) is 18.3 Å². The van der Waals surface area contributed by atoms with Crippen molar-refractivity contribution in [2.45, 2.75) is 43.7 Å². The highest BCUT2D eigenvalue weighted by Gasteiger charge is 2.40. The van der Waals surface area contributed by atoms with E-state index in [2.05, 4.69) is 20.6 Å². The van der Waals surface area contributed by atoms with Crippen molar-refractivity contribution in [1.29, 1.82) is 0 Å². The highest BCUT2D eigenvalue weighted by atomic mass is 19.1. The van der Waals surface area contributed by atoms with Crippen LogP contribution < -0.4 is 5.32 Å². The number of aliphatic carboxylic acids is 1. The molecule has 0 aliphatic heterocycles. The Hall–Kier alpha value is -2.51. The van der Waals surface area contributed by atoms with E-state index < -0.39 is 17.7 Å². The molecule has 1 unspecified atom stereocenters. The minimum atomic E-state index is -0.840. The van der Waals surface area contributed by atoms with Gasteiger partial charge in [0, 0.05) is 18.3 Å². The summed E-state index contributed by atoms with van der Waals surface area (Å²) in [5, 5.41) is 20.8. The van der Waals surface area contributed by atoms with Crippen molar-refractivity contribution in [3.63, 3.8) is 0 Å². The molecule has 2 saturated carbocycles. The second-order valence-corrected chi connectivity index (χ2v) is 6.56. The van der Waals surface area contributed by atoms with Gasteiger partial charge in [0.05, 0.1) is 23.7 Å². The summed E-state index contributed by atoms with van der Waals surface area (Å²) in [5.41, 5.74) is 0.955. The first-order valence-electron chi connectivity index (χ1n) is 8.13.